The lowest BCUT2D eigenvalue weighted by molar-refractivity contribution is 0.102. The van der Waals surface area contributed by atoms with Crippen molar-refractivity contribution < 1.29 is 22.0 Å². The smallest absolute Gasteiger partial charge is 0.286 e. The molecule has 4 rings (SSSR count). The first-order chi connectivity index (χ1) is 14.8. The van der Waals surface area contributed by atoms with Crippen LogP contribution in [0.3, 0.4) is 0 Å². The van der Waals surface area contributed by atoms with E-state index in [9.17, 15) is 22.0 Å². The van der Waals surface area contributed by atoms with E-state index in [0.717, 1.165) is 17.4 Å². The van der Waals surface area contributed by atoms with E-state index in [-0.39, 0.29) is 22.4 Å². The fourth-order valence-electron chi connectivity index (χ4n) is 3.38. The minimum absolute atomic E-state index is 0.0967. The third-order valence-corrected chi connectivity index (χ3v) is 7.83. The number of carbonyl (C=O) groups is 1. The highest BCUT2D eigenvalue weighted by Crippen LogP contribution is 2.32. The number of benzene rings is 2. The molecule has 7 nitrogen and oxygen atoms in total. The van der Waals surface area contributed by atoms with Crippen molar-refractivity contribution >= 4 is 33.0 Å². The van der Waals surface area contributed by atoms with E-state index in [1.165, 1.54) is 40.7 Å². The molecule has 1 fully saturated rings. The van der Waals surface area contributed by atoms with Gasteiger partial charge in [-0.3, -0.25) is 4.79 Å². The van der Waals surface area contributed by atoms with Gasteiger partial charge in [-0.2, -0.15) is 4.31 Å². The van der Waals surface area contributed by atoms with Crippen molar-refractivity contribution in [2.45, 2.75) is 23.7 Å². The van der Waals surface area contributed by atoms with Crippen LogP contribution in [0, 0.1) is 11.6 Å². The second-order valence-electron chi connectivity index (χ2n) is 7.07. The van der Waals surface area contributed by atoms with Gasteiger partial charge in [0, 0.05) is 24.7 Å². The Kier molecular flexibility index (Phi) is 6.08. The van der Waals surface area contributed by atoms with Gasteiger partial charge in [0.1, 0.15) is 16.6 Å². The number of nitrogens with zero attached hydrogens (tertiary/aromatic N) is 3. The Hall–Kier alpha value is -2.76. The van der Waals surface area contributed by atoms with Crippen LogP contribution in [-0.2, 0) is 10.0 Å². The molecule has 2 heterocycles. The molecule has 31 heavy (non-hydrogen) atoms. The van der Waals surface area contributed by atoms with Gasteiger partial charge in [0.2, 0.25) is 15.0 Å². The van der Waals surface area contributed by atoms with Gasteiger partial charge in [-0.1, -0.05) is 23.5 Å². The fourth-order valence-corrected chi connectivity index (χ4v) is 5.80. The van der Waals surface area contributed by atoms with Gasteiger partial charge in [-0.05, 0) is 49.2 Å². The zero-order chi connectivity index (χ0) is 22.0. The zero-order valence-electron chi connectivity index (χ0n) is 16.2. The van der Waals surface area contributed by atoms with Gasteiger partial charge >= 0.3 is 0 Å². The number of hydrogen-bond acceptors (Lipinski definition) is 6. The first kappa shape index (κ1) is 21.5. The SMILES string of the molecule is O=C(Nc1cccc(F)c1)c1nnc([C@@H]2CCCN(S(=O)(=O)c3cccc(F)c3)C2)s1. The molecule has 2 aromatic carbocycles. The standard InChI is InChI=1S/C20H18F2N4O3S2/c21-14-5-1-7-16(10-14)23-18(27)20-25-24-19(30-20)13-4-3-9-26(12-13)31(28,29)17-8-2-6-15(22)11-17/h1-2,5-8,10-11,13H,3-4,9,12H2,(H,23,27)/t13-/m1/s1. The Morgan fingerprint density at radius 2 is 1.84 bits per heavy atom. The predicted molar refractivity (Wildman–Crippen MR) is 111 cm³/mol. The van der Waals surface area contributed by atoms with Crippen LogP contribution in [0.15, 0.2) is 53.4 Å². The molecule has 11 heteroatoms. The van der Waals surface area contributed by atoms with E-state index >= 15 is 0 Å². The topological polar surface area (TPSA) is 92.3 Å². The number of amides is 1. The molecule has 1 saturated heterocycles. The van der Waals surface area contributed by atoms with Gasteiger partial charge in [0.15, 0.2) is 0 Å². The Balaban J connectivity index is 1.48. The number of piperidine rings is 1. The van der Waals surface area contributed by atoms with Crippen LogP contribution in [0.2, 0.25) is 0 Å². The summed E-state index contributed by atoms with van der Waals surface area (Å²) >= 11 is 1.07. The third kappa shape index (κ3) is 4.78. The van der Waals surface area contributed by atoms with Crippen molar-refractivity contribution in [2.75, 3.05) is 18.4 Å². The van der Waals surface area contributed by atoms with E-state index in [4.69, 9.17) is 0 Å². The van der Waals surface area contributed by atoms with Crippen LogP contribution >= 0.6 is 11.3 Å². The molecule has 1 aliphatic heterocycles. The maximum Gasteiger partial charge on any atom is 0.286 e. The summed E-state index contributed by atoms with van der Waals surface area (Å²) in [6.45, 7) is 0.486. The number of hydrogen-bond donors (Lipinski definition) is 1. The van der Waals surface area contributed by atoms with Crippen molar-refractivity contribution in [1.29, 1.82) is 0 Å². The van der Waals surface area contributed by atoms with Crippen LogP contribution in [0.25, 0.3) is 0 Å². The average molecular weight is 465 g/mol. The Morgan fingerprint density at radius 3 is 2.58 bits per heavy atom. The molecule has 1 amide bonds. The Labute approximate surface area is 181 Å². The second kappa shape index (κ2) is 8.77. The lowest BCUT2D eigenvalue weighted by atomic mass is 10.0. The first-order valence-corrected chi connectivity index (χ1v) is 11.7. The summed E-state index contributed by atoms with van der Waals surface area (Å²) in [7, 11) is -3.84. The molecule has 0 spiro atoms. The molecule has 0 unspecified atom stereocenters. The summed E-state index contributed by atoms with van der Waals surface area (Å²) < 4.78 is 53.9. The molecule has 3 aromatic rings. The largest absolute Gasteiger partial charge is 0.320 e. The van der Waals surface area contributed by atoms with E-state index in [2.05, 4.69) is 15.5 Å². The number of sulfonamides is 1. The quantitative estimate of drug-likeness (QED) is 0.623. The highest BCUT2D eigenvalue weighted by Gasteiger charge is 2.33. The summed E-state index contributed by atoms with van der Waals surface area (Å²) in [4.78, 5) is 12.3. The molecule has 0 radical (unpaired) electrons. The van der Waals surface area contributed by atoms with Gasteiger partial charge < -0.3 is 5.32 Å². The number of rotatable bonds is 5. The van der Waals surface area contributed by atoms with Gasteiger partial charge in [-0.15, -0.1) is 10.2 Å². The van der Waals surface area contributed by atoms with Crippen LogP contribution < -0.4 is 5.32 Å². The van der Waals surface area contributed by atoms with E-state index in [1.54, 1.807) is 6.07 Å². The summed E-state index contributed by atoms with van der Waals surface area (Å²) in [6, 6.07) is 10.4. The minimum atomic E-state index is -3.84. The maximum atomic E-state index is 13.5. The van der Waals surface area contributed by atoms with E-state index in [1.807, 2.05) is 0 Å². The van der Waals surface area contributed by atoms with Crippen molar-refractivity contribution in [3.8, 4) is 0 Å². The fraction of sp³-hybridized carbons (Fsp3) is 0.250. The molecule has 1 N–H and O–H groups in total. The van der Waals surface area contributed by atoms with Crippen molar-refractivity contribution in [1.82, 2.24) is 14.5 Å². The summed E-state index contributed by atoms with van der Waals surface area (Å²) in [5.41, 5.74) is 0.298. The van der Waals surface area contributed by atoms with Crippen molar-refractivity contribution in [3.63, 3.8) is 0 Å². The Morgan fingerprint density at radius 1 is 1.10 bits per heavy atom. The van der Waals surface area contributed by atoms with Crippen LogP contribution in [-0.4, -0.2) is 41.9 Å². The molecular weight excluding hydrogens is 446 g/mol. The normalized spacial score (nSPS) is 17.4. The second-order valence-corrected chi connectivity index (χ2v) is 10.0. The molecule has 0 aliphatic carbocycles. The number of halogens is 2. The summed E-state index contributed by atoms with van der Waals surface area (Å²) in [5.74, 6) is -1.84. The molecule has 162 valence electrons. The average Bonchev–Trinajstić information content (AvgIpc) is 3.24. The maximum absolute atomic E-state index is 13.5. The predicted octanol–water partition coefficient (Wildman–Crippen LogP) is 3.64. The zero-order valence-corrected chi connectivity index (χ0v) is 17.8. The number of aromatic nitrogens is 2. The third-order valence-electron chi connectivity index (χ3n) is 4.88. The molecular formula is C20H18F2N4O3S2. The number of carbonyl (C=O) groups excluding carboxylic acids is 1. The van der Waals surface area contributed by atoms with Crippen LogP contribution in [0.4, 0.5) is 14.5 Å². The molecule has 0 saturated carbocycles. The number of nitrogens with one attached hydrogen (secondary N) is 1. The van der Waals surface area contributed by atoms with Crippen LogP contribution in [0.1, 0.15) is 33.6 Å². The molecule has 1 aromatic heterocycles. The van der Waals surface area contributed by atoms with E-state index < -0.39 is 27.6 Å². The van der Waals surface area contributed by atoms with Crippen LogP contribution in [0.5, 0.6) is 0 Å². The van der Waals surface area contributed by atoms with Gasteiger partial charge in [0.25, 0.3) is 5.91 Å². The summed E-state index contributed by atoms with van der Waals surface area (Å²) in [5, 5.41) is 11.2. The van der Waals surface area contributed by atoms with Gasteiger partial charge in [0.05, 0.1) is 4.90 Å². The first-order valence-electron chi connectivity index (χ1n) is 9.49. The van der Waals surface area contributed by atoms with E-state index in [0.29, 0.717) is 30.1 Å². The summed E-state index contributed by atoms with van der Waals surface area (Å²) in [6.07, 6.45) is 1.29. The lowest BCUT2D eigenvalue weighted by Gasteiger charge is -2.30. The lowest BCUT2D eigenvalue weighted by Crippen LogP contribution is -2.39. The van der Waals surface area contributed by atoms with Gasteiger partial charge in [-0.25, -0.2) is 17.2 Å². The monoisotopic (exact) mass is 464 g/mol. The Bertz CT molecular complexity index is 1220. The highest BCUT2D eigenvalue weighted by molar-refractivity contribution is 7.89. The molecule has 0 bridgehead atoms. The van der Waals surface area contributed by atoms with Crippen molar-refractivity contribution in [3.05, 3.63) is 70.2 Å². The van der Waals surface area contributed by atoms with Crippen molar-refractivity contribution in [2.24, 2.45) is 0 Å². The highest BCUT2D eigenvalue weighted by atomic mass is 32.2. The number of anilines is 1. The molecule has 1 aliphatic rings. The minimum Gasteiger partial charge on any atom is -0.320 e. The molecule has 1 atom stereocenters.